The molecule has 1 amide bonds. The topological polar surface area (TPSA) is 77.5 Å². The third-order valence-electron chi connectivity index (χ3n) is 3.69. The van der Waals surface area contributed by atoms with Gasteiger partial charge in [0.15, 0.2) is 0 Å². The van der Waals surface area contributed by atoms with E-state index >= 15 is 0 Å². The summed E-state index contributed by atoms with van der Waals surface area (Å²) in [4.78, 5) is 12.1. The number of para-hydroxylation sites is 1. The van der Waals surface area contributed by atoms with Gasteiger partial charge >= 0.3 is 0 Å². The van der Waals surface area contributed by atoms with Crippen molar-refractivity contribution in [3.8, 4) is 0 Å². The van der Waals surface area contributed by atoms with E-state index in [4.69, 9.17) is 14.9 Å². The zero-order chi connectivity index (χ0) is 14.1. The van der Waals surface area contributed by atoms with Gasteiger partial charge in [0.25, 0.3) is 0 Å². The number of rotatable bonds is 3. The van der Waals surface area contributed by atoms with Crippen LogP contribution in [0.25, 0.3) is 11.0 Å². The summed E-state index contributed by atoms with van der Waals surface area (Å²) in [5, 5.41) is 3.97. The predicted octanol–water partition coefficient (Wildman–Crippen LogP) is 1.58. The molecule has 1 aromatic carbocycles. The standard InChI is InChI=1S/C15H18N2O3/c1-9(17-15(18)11-7-19-8-12(11)16)14-6-10-4-2-3-5-13(10)20-14/h2-6,9,11-12H,7-8,16H2,1H3,(H,17,18). The summed E-state index contributed by atoms with van der Waals surface area (Å²) in [6, 6.07) is 9.31. The molecule has 1 aliphatic heterocycles. The largest absolute Gasteiger partial charge is 0.459 e. The molecule has 1 aromatic heterocycles. The highest BCUT2D eigenvalue weighted by Gasteiger charge is 2.32. The van der Waals surface area contributed by atoms with E-state index in [9.17, 15) is 4.79 Å². The number of fused-ring (bicyclic) bond motifs is 1. The lowest BCUT2D eigenvalue weighted by Gasteiger charge is -2.16. The summed E-state index contributed by atoms with van der Waals surface area (Å²) >= 11 is 0. The van der Waals surface area contributed by atoms with E-state index in [2.05, 4.69) is 5.32 Å². The molecule has 1 aliphatic rings. The first-order valence-corrected chi connectivity index (χ1v) is 6.77. The van der Waals surface area contributed by atoms with Gasteiger partial charge in [-0.3, -0.25) is 4.79 Å². The van der Waals surface area contributed by atoms with Crippen LogP contribution in [-0.4, -0.2) is 25.2 Å². The van der Waals surface area contributed by atoms with Crippen molar-refractivity contribution >= 4 is 16.9 Å². The van der Waals surface area contributed by atoms with Crippen molar-refractivity contribution in [2.24, 2.45) is 11.7 Å². The molecule has 20 heavy (non-hydrogen) atoms. The molecule has 5 heteroatoms. The van der Waals surface area contributed by atoms with Gasteiger partial charge in [0.2, 0.25) is 5.91 Å². The van der Waals surface area contributed by atoms with Gasteiger partial charge in [-0.25, -0.2) is 0 Å². The average molecular weight is 274 g/mol. The van der Waals surface area contributed by atoms with E-state index in [1.165, 1.54) is 0 Å². The molecular weight excluding hydrogens is 256 g/mol. The van der Waals surface area contributed by atoms with Gasteiger partial charge in [0, 0.05) is 11.4 Å². The van der Waals surface area contributed by atoms with E-state index in [0.717, 1.165) is 16.7 Å². The number of hydrogen-bond donors (Lipinski definition) is 2. The Hall–Kier alpha value is -1.85. The molecule has 0 aliphatic carbocycles. The molecule has 5 nitrogen and oxygen atoms in total. The highest BCUT2D eigenvalue weighted by molar-refractivity contribution is 5.81. The Bertz CT molecular complexity index is 589. The molecule has 0 radical (unpaired) electrons. The number of amides is 1. The number of carbonyl (C=O) groups is 1. The lowest BCUT2D eigenvalue weighted by Crippen LogP contribution is -2.41. The number of nitrogens with one attached hydrogen (secondary N) is 1. The number of benzene rings is 1. The van der Waals surface area contributed by atoms with Crippen molar-refractivity contribution in [3.05, 3.63) is 36.1 Å². The van der Waals surface area contributed by atoms with Crippen LogP contribution in [0.4, 0.5) is 0 Å². The second-order valence-electron chi connectivity index (χ2n) is 5.22. The molecule has 0 saturated carbocycles. The van der Waals surface area contributed by atoms with E-state index in [1.54, 1.807) is 0 Å². The Labute approximate surface area is 117 Å². The average Bonchev–Trinajstić information content (AvgIpc) is 3.04. The molecule has 3 rings (SSSR count). The van der Waals surface area contributed by atoms with Gasteiger partial charge in [-0.1, -0.05) is 18.2 Å². The summed E-state index contributed by atoms with van der Waals surface area (Å²) in [5.41, 5.74) is 6.67. The third-order valence-corrected chi connectivity index (χ3v) is 3.69. The Morgan fingerprint density at radius 1 is 1.40 bits per heavy atom. The fourth-order valence-corrected chi connectivity index (χ4v) is 2.45. The molecule has 0 spiro atoms. The van der Waals surface area contributed by atoms with Crippen LogP contribution in [0.2, 0.25) is 0 Å². The van der Waals surface area contributed by atoms with Crippen molar-refractivity contribution in [3.63, 3.8) is 0 Å². The molecule has 106 valence electrons. The van der Waals surface area contributed by atoms with Gasteiger partial charge in [-0.2, -0.15) is 0 Å². The fraction of sp³-hybridized carbons (Fsp3) is 0.400. The number of ether oxygens (including phenoxy) is 1. The highest BCUT2D eigenvalue weighted by Crippen LogP contribution is 2.24. The Kier molecular flexibility index (Phi) is 3.46. The molecule has 2 aromatic rings. The molecule has 0 bridgehead atoms. The quantitative estimate of drug-likeness (QED) is 0.891. The maximum absolute atomic E-state index is 12.1. The minimum absolute atomic E-state index is 0.0806. The van der Waals surface area contributed by atoms with Crippen molar-refractivity contribution in [1.82, 2.24) is 5.32 Å². The lowest BCUT2D eigenvalue weighted by molar-refractivity contribution is -0.126. The molecule has 3 N–H and O–H groups in total. The Morgan fingerprint density at radius 3 is 2.90 bits per heavy atom. The van der Waals surface area contributed by atoms with E-state index in [0.29, 0.717) is 13.2 Å². The van der Waals surface area contributed by atoms with Crippen molar-refractivity contribution < 1.29 is 13.9 Å². The molecule has 3 unspecified atom stereocenters. The number of nitrogens with two attached hydrogens (primary N) is 1. The van der Waals surface area contributed by atoms with Gasteiger partial charge in [-0.15, -0.1) is 0 Å². The zero-order valence-electron chi connectivity index (χ0n) is 11.3. The van der Waals surface area contributed by atoms with Gasteiger partial charge < -0.3 is 20.2 Å². The van der Waals surface area contributed by atoms with Crippen molar-refractivity contribution in [1.29, 1.82) is 0 Å². The van der Waals surface area contributed by atoms with Crippen LogP contribution < -0.4 is 11.1 Å². The van der Waals surface area contributed by atoms with Crippen LogP contribution in [0.3, 0.4) is 0 Å². The minimum Gasteiger partial charge on any atom is -0.459 e. The lowest BCUT2D eigenvalue weighted by atomic mass is 10.0. The number of hydrogen-bond acceptors (Lipinski definition) is 4. The second kappa shape index (κ2) is 5.26. The van der Waals surface area contributed by atoms with Crippen LogP contribution >= 0.6 is 0 Å². The van der Waals surface area contributed by atoms with Crippen LogP contribution in [0.15, 0.2) is 34.7 Å². The SMILES string of the molecule is CC(NC(=O)C1COCC1N)c1cc2ccccc2o1. The first kappa shape index (κ1) is 13.1. The van der Waals surface area contributed by atoms with Crippen molar-refractivity contribution in [2.75, 3.05) is 13.2 Å². The Morgan fingerprint density at radius 2 is 2.20 bits per heavy atom. The minimum atomic E-state index is -0.276. The highest BCUT2D eigenvalue weighted by atomic mass is 16.5. The summed E-state index contributed by atoms with van der Waals surface area (Å²) in [6.45, 7) is 2.73. The maximum atomic E-state index is 12.1. The van der Waals surface area contributed by atoms with E-state index in [1.807, 2.05) is 37.3 Å². The third kappa shape index (κ3) is 2.42. The first-order chi connectivity index (χ1) is 9.65. The van der Waals surface area contributed by atoms with Crippen molar-refractivity contribution in [2.45, 2.75) is 19.0 Å². The molecular formula is C15H18N2O3. The van der Waals surface area contributed by atoms with Crippen LogP contribution in [0.1, 0.15) is 18.7 Å². The molecule has 3 atom stereocenters. The molecule has 1 saturated heterocycles. The smallest absolute Gasteiger partial charge is 0.227 e. The molecule has 2 heterocycles. The summed E-state index contributed by atoms with van der Waals surface area (Å²) < 4.78 is 11.0. The summed E-state index contributed by atoms with van der Waals surface area (Å²) in [7, 11) is 0. The predicted molar refractivity (Wildman–Crippen MR) is 75.1 cm³/mol. The zero-order valence-corrected chi connectivity index (χ0v) is 11.3. The maximum Gasteiger partial charge on any atom is 0.227 e. The summed E-state index contributed by atoms with van der Waals surface area (Å²) in [5.74, 6) is 0.386. The van der Waals surface area contributed by atoms with Crippen LogP contribution in [0.5, 0.6) is 0 Å². The number of furan rings is 1. The van der Waals surface area contributed by atoms with Crippen LogP contribution in [0, 0.1) is 5.92 Å². The van der Waals surface area contributed by atoms with E-state index < -0.39 is 0 Å². The summed E-state index contributed by atoms with van der Waals surface area (Å²) in [6.07, 6.45) is 0. The Balaban J connectivity index is 1.72. The number of carbonyl (C=O) groups excluding carboxylic acids is 1. The second-order valence-corrected chi connectivity index (χ2v) is 5.22. The monoisotopic (exact) mass is 274 g/mol. The van der Waals surface area contributed by atoms with Gasteiger partial charge in [0.1, 0.15) is 11.3 Å². The van der Waals surface area contributed by atoms with Gasteiger partial charge in [-0.05, 0) is 19.1 Å². The van der Waals surface area contributed by atoms with Gasteiger partial charge in [0.05, 0.1) is 25.2 Å². The molecule has 1 fully saturated rings. The normalized spacial score (nSPS) is 23.9. The first-order valence-electron chi connectivity index (χ1n) is 6.77. The fourth-order valence-electron chi connectivity index (χ4n) is 2.45. The van der Waals surface area contributed by atoms with E-state index in [-0.39, 0.29) is 23.9 Å². The van der Waals surface area contributed by atoms with Crippen LogP contribution in [-0.2, 0) is 9.53 Å².